The number of nitrogens with zero attached hydrogens (tertiary/aromatic N) is 3. The maximum atomic E-state index is 13.3. The molecular weight excluding hydrogens is 518 g/mol. The number of sulfonamides is 1. The molecule has 202 valence electrons. The zero-order valence-corrected chi connectivity index (χ0v) is 21.9. The third-order valence-electron chi connectivity index (χ3n) is 7.01. The van der Waals surface area contributed by atoms with E-state index in [1.54, 1.807) is 42.9 Å². The highest BCUT2D eigenvalue weighted by Gasteiger charge is 2.51. The van der Waals surface area contributed by atoms with Gasteiger partial charge in [-0.1, -0.05) is 24.3 Å². The molecule has 1 fully saturated rings. The fraction of sp³-hybridized carbons (Fsp3) is 0.250. The summed E-state index contributed by atoms with van der Waals surface area (Å²) in [5.41, 5.74) is 1.65. The van der Waals surface area contributed by atoms with Crippen molar-refractivity contribution in [2.45, 2.75) is 36.1 Å². The van der Waals surface area contributed by atoms with Gasteiger partial charge in [0.25, 0.3) is 0 Å². The van der Waals surface area contributed by atoms with E-state index < -0.39 is 15.4 Å². The number of hydrogen-bond donors (Lipinski definition) is 2. The summed E-state index contributed by atoms with van der Waals surface area (Å²) >= 11 is 0. The summed E-state index contributed by atoms with van der Waals surface area (Å²) in [6, 6.07) is 17.5. The Morgan fingerprint density at radius 3 is 2.64 bits per heavy atom. The Kier molecular flexibility index (Phi) is 6.53. The number of imidazole rings is 1. The van der Waals surface area contributed by atoms with E-state index in [1.165, 1.54) is 0 Å². The van der Waals surface area contributed by atoms with E-state index in [0.29, 0.717) is 42.5 Å². The van der Waals surface area contributed by atoms with Crippen LogP contribution in [0, 0.1) is 0 Å². The fourth-order valence-electron chi connectivity index (χ4n) is 4.64. The van der Waals surface area contributed by atoms with Crippen molar-refractivity contribution in [1.29, 1.82) is 0 Å². The number of ether oxygens (including phenoxy) is 2. The molecule has 2 aliphatic rings. The van der Waals surface area contributed by atoms with Crippen molar-refractivity contribution < 1.29 is 24.1 Å². The summed E-state index contributed by atoms with van der Waals surface area (Å²) < 4.78 is 40.8. The van der Waals surface area contributed by atoms with E-state index in [4.69, 9.17) is 9.47 Å². The predicted molar refractivity (Wildman–Crippen MR) is 146 cm³/mol. The summed E-state index contributed by atoms with van der Waals surface area (Å²) in [6.45, 7) is 1.18. The van der Waals surface area contributed by atoms with E-state index in [1.807, 2.05) is 41.1 Å². The van der Waals surface area contributed by atoms with Crippen LogP contribution in [0.4, 0.5) is 5.82 Å². The lowest BCUT2D eigenvalue weighted by Crippen LogP contribution is -2.28. The molecule has 1 amide bonds. The second kappa shape index (κ2) is 10.2. The highest BCUT2D eigenvalue weighted by molar-refractivity contribution is 7.89. The highest BCUT2D eigenvalue weighted by atomic mass is 32.2. The van der Waals surface area contributed by atoms with E-state index in [9.17, 15) is 13.2 Å². The molecule has 1 aliphatic carbocycles. The molecule has 2 aromatic carbocycles. The molecule has 0 unspecified atom stereocenters. The summed E-state index contributed by atoms with van der Waals surface area (Å²) in [4.78, 5) is 22.0. The molecule has 0 spiro atoms. The van der Waals surface area contributed by atoms with Crippen LogP contribution in [0.5, 0.6) is 11.5 Å². The van der Waals surface area contributed by atoms with Crippen LogP contribution < -0.4 is 19.5 Å². The van der Waals surface area contributed by atoms with Crippen LogP contribution in [0.1, 0.15) is 26.3 Å². The number of anilines is 1. The van der Waals surface area contributed by atoms with Crippen molar-refractivity contribution in [2.24, 2.45) is 0 Å². The van der Waals surface area contributed by atoms with E-state index in [-0.39, 0.29) is 19.0 Å². The molecule has 0 saturated heterocycles. The second-order valence-electron chi connectivity index (χ2n) is 9.59. The molecule has 11 heteroatoms. The number of aryl methyl sites for hydroxylation is 1. The number of fused-ring (bicyclic) bond motifs is 1. The van der Waals surface area contributed by atoms with Crippen LogP contribution >= 0.6 is 0 Å². The van der Waals surface area contributed by atoms with Crippen LogP contribution in [0.3, 0.4) is 0 Å². The van der Waals surface area contributed by atoms with Crippen LogP contribution in [0.15, 0.2) is 84.3 Å². The van der Waals surface area contributed by atoms with Crippen LogP contribution in [-0.4, -0.2) is 42.2 Å². The number of carbonyl (C=O) groups is 1. The fourth-order valence-corrected chi connectivity index (χ4v) is 5.72. The van der Waals surface area contributed by atoms with Gasteiger partial charge in [-0.15, -0.1) is 0 Å². The summed E-state index contributed by atoms with van der Waals surface area (Å²) in [7, 11) is -3.63. The van der Waals surface area contributed by atoms with Gasteiger partial charge in [0, 0.05) is 32.5 Å². The van der Waals surface area contributed by atoms with Gasteiger partial charge in [0.2, 0.25) is 22.7 Å². The average Bonchev–Trinajstić information content (AvgIpc) is 3.35. The van der Waals surface area contributed by atoms with E-state index >= 15 is 0 Å². The molecular formula is C28H29N5O5S. The third-order valence-corrected chi connectivity index (χ3v) is 8.48. The second-order valence-corrected chi connectivity index (χ2v) is 11.4. The molecule has 3 heterocycles. The predicted octanol–water partition coefficient (Wildman–Crippen LogP) is 3.96. The maximum Gasteiger partial charge on any atom is 0.240 e. The van der Waals surface area contributed by atoms with E-state index in [0.717, 1.165) is 24.0 Å². The first-order valence-electron chi connectivity index (χ1n) is 12.7. The Morgan fingerprint density at radius 2 is 1.87 bits per heavy atom. The third kappa shape index (κ3) is 5.23. The molecule has 2 aromatic heterocycles. The quantitative estimate of drug-likeness (QED) is 0.288. The number of carbonyl (C=O) groups excluding carboxylic acids is 1. The molecule has 1 aliphatic heterocycles. The molecule has 1 saturated carbocycles. The number of amides is 1. The normalized spacial score (nSPS) is 15.2. The standard InChI is InChI=1S/C28H27N5O5S.H2/c34-27(28(11-12-28)21-7-10-24-25(17-21)38-19-37-24)32-26-4-1-3-23(31-26)20-5-8-22(9-6-20)39(35,36)30-13-2-15-33-16-14-29-18-33;/h1,3-10,14,16-18,30H,2,11-13,15,19H2,(H,31,32,34);1H. The van der Waals surface area contributed by atoms with Crippen LogP contribution in [-0.2, 0) is 26.8 Å². The minimum Gasteiger partial charge on any atom is -0.454 e. The van der Waals surface area contributed by atoms with Crippen molar-refractivity contribution in [1.82, 2.24) is 19.3 Å². The van der Waals surface area contributed by atoms with Gasteiger partial charge in [0.1, 0.15) is 5.82 Å². The van der Waals surface area contributed by atoms with Gasteiger partial charge in [-0.3, -0.25) is 4.79 Å². The van der Waals surface area contributed by atoms with E-state index in [2.05, 4.69) is 20.0 Å². The van der Waals surface area contributed by atoms with Gasteiger partial charge in [-0.25, -0.2) is 23.1 Å². The number of benzene rings is 2. The lowest BCUT2D eigenvalue weighted by Gasteiger charge is -2.16. The zero-order valence-electron chi connectivity index (χ0n) is 21.0. The Hall–Kier alpha value is -4.22. The monoisotopic (exact) mass is 547 g/mol. The number of pyridine rings is 1. The minimum atomic E-state index is -3.63. The SMILES string of the molecule is O=C(Nc1cccc(-c2ccc(S(=O)(=O)NCCCn3ccnc3)cc2)n1)C1(c2ccc3c(c2)OCO3)CC1.[HH]. The van der Waals surface area contributed by atoms with Gasteiger partial charge in [0.15, 0.2) is 11.5 Å². The molecule has 0 radical (unpaired) electrons. The molecule has 4 aromatic rings. The lowest BCUT2D eigenvalue weighted by atomic mass is 9.94. The largest absolute Gasteiger partial charge is 0.454 e. The highest BCUT2D eigenvalue weighted by Crippen LogP contribution is 2.51. The van der Waals surface area contributed by atoms with Crippen molar-refractivity contribution in [3.05, 3.63) is 84.9 Å². The summed E-state index contributed by atoms with van der Waals surface area (Å²) in [5.74, 6) is 1.65. The Balaban J connectivity index is 0.00000323. The van der Waals surface area contributed by atoms with Crippen molar-refractivity contribution >= 4 is 21.7 Å². The Labute approximate surface area is 227 Å². The Morgan fingerprint density at radius 1 is 1.05 bits per heavy atom. The summed E-state index contributed by atoms with van der Waals surface area (Å²) in [6.07, 6.45) is 7.36. The van der Waals surface area contributed by atoms with Crippen LogP contribution in [0.25, 0.3) is 11.3 Å². The van der Waals surface area contributed by atoms with Crippen LogP contribution in [0.2, 0.25) is 0 Å². The average molecular weight is 548 g/mol. The maximum absolute atomic E-state index is 13.3. The molecule has 0 atom stereocenters. The molecule has 39 heavy (non-hydrogen) atoms. The van der Waals surface area contributed by atoms with Gasteiger partial charge < -0.3 is 19.4 Å². The van der Waals surface area contributed by atoms with Gasteiger partial charge >= 0.3 is 0 Å². The molecule has 10 nitrogen and oxygen atoms in total. The zero-order chi connectivity index (χ0) is 26.9. The summed E-state index contributed by atoms with van der Waals surface area (Å²) in [5, 5.41) is 2.96. The molecule has 0 bridgehead atoms. The Bertz CT molecular complexity index is 1610. The number of nitrogens with one attached hydrogen (secondary N) is 2. The first kappa shape index (κ1) is 25.1. The lowest BCUT2D eigenvalue weighted by molar-refractivity contribution is -0.118. The van der Waals surface area contributed by atoms with Gasteiger partial charge in [-0.2, -0.15) is 0 Å². The first-order valence-corrected chi connectivity index (χ1v) is 14.2. The molecule has 2 N–H and O–H groups in total. The first-order chi connectivity index (χ1) is 18.9. The van der Waals surface area contributed by atoms with Gasteiger partial charge in [0.05, 0.1) is 22.3 Å². The van der Waals surface area contributed by atoms with Crippen molar-refractivity contribution in [3.8, 4) is 22.8 Å². The smallest absolute Gasteiger partial charge is 0.240 e. The topological polar surface area (TPSA) is 124 Å². The molecule has 6 rings (SSSR count). The van der Waals surface area contributed by atoms with Gasteiger partial charge in [-0.05, 0) is 61.2 Å². The van der Waals surface area contributed by atoms with Crippen molar-refractivity contribution in [3.63, 3.8) is 0 Å². The minimum absolute atomic E-state index is 0. The number of hydrogen-bond acceptors (Lipinski definition) is 7. The number of rotatable bonds is 10. The van der Waals surface area contributed by atoms with Crippen molar-refractivity contribution in [2.75, 3.05) is 18.7 Å². The number of aromatic nitrogens is 3.